The van der Waals surface area contributed by atoms with Crippen LogP contribution in [0.3, 0.4) is 0 Å². The van der Waals surface area contributed by atoms with Gasteiger partial charge >= 0.3 is 6.18 Å². The molecule has 2 heterocycles. The van der Waals surface area contributed by atoms with Crippen LogP contribution < -0.4 is 4.72 Å². The van der Waals surface area contributed by atoms with E-state index in [1.54, 1.807) is 0 Å². The minimum absolute atomic E-state index is 0.0361. The number of alkyl halides is 3. The van der Waals surface area contributed by atoms with Crippen molar-refractivity contribution in [1.82, 2.24) is 9.88 Å². The molecule has 154 valence electrons. The van der Waals surface area contributed by atoms with Gasteiger partial charge in [0.15, 0.2) is 0 Å². The zero-order chi connectivity index (χ0) is 20.5. The minimum atomic E-state index is -4.64. The Hall–Kier alpha value is -1.39. The Morgan fingerprint density at radius 1 is 1.29 bits per heavy atom. The number of nitrogens with one attached hydrogen (secondary N) is 1. The Labute approximate surface area is 165 Å². The molecule has 0 saturated heterocycles. The van der Waals surface area contributed by atoms with Gasteiger partial charge in [-0.05, 0) is 48.1 Å². The summed E-state index contributed by atoms with van der Waals surface area (Å²) in [5, 5.41) is 3.42. The van der Waals surface area contributed by atoms with E-state index >= 15 is 0 Å². The Balaban J connectivity index is 1.59. The second-order valence-electron chi connectivity index (χ2n) is 8.66. The molecule has 0 radical (unpaired) electrons. The molecule has 2 bridgehead atoms. The van der Waals surface area contributed by atoms with Crippen molar-refractivity contribution in [3.8, 4) is 10.6 Å². The van der Waals surface area contributed by atoms with Crippen LogP contribution in [0, 0.1) is 16.7 Å². The second-order valence-corrected chi connectivity index (χ2v) is 11.7. The molecule has 2 aromatic rings. The third kappa shape index (κ3) is 3.09. The highest BCUT2D eigenvalue weighted by Gasteiger charge is 2.60. The number of halogens is 3. The highest BCUT2D eigenvalue weighted by atomic mass is 32.2. The summed E-state index contributed by atoms with van der Waals surface area (Å²) in [5.41, 5.74) is -0.255. The van der Waals surface area contributed by atoms with Gasteiger partial charge in [-0.25, -0.2) is 13.1 Å². The van der Waals surface area contributed by atoms with Gasteiger partial charge in [-0.1, -0.05) is 25.9 Å². The number of rotatable bonds is 4. The van der Waals surface area contributed by atoms with Crippen molar-refractivity contribution in [3.63, 3.8) is 0 Å². The van der Waals surface area contributed by atoms with Gasteiger partial charge in [0.1, 0.15) is 9.90 Å². The summed E-state index contributed by atoms with van der Waals surface area (Å²) in [6.07, 6.45) is -1.54. The summed E-state index contributed by atoms with van der Waals surface area (Å²) in [5.74, 6) is -0.727. The van der Waals surface area contributed by atoms with Crippen LogP contribution >= 0.6 is 11.3 Å². The second kappa shape index (κ2) is 6.06. The molecule has 2 fully saturated rings. The zero-order valence-corrected chi connectivity index (χ0v) is 17.3. The van der Waals surface area contributed by atoms with Crippen LogP contribution in [0.5, 0.6) is 0 Å². The van der Waals surface area contributed by atoms with Crippen LogP contribution in [0.15, 0.2) is 26.9 Å². The first-order chi connectivity index (χ1) is 12.8. The Kier molecular flexibility index (Phi) is 4.31. The first kappa shape index (κ1) is 19.9. The maximum Gasteiger partial charge on any atom is 0.452 e. The maximum atomic E-state index is 13.0. The molecular weight excluding hydrogens is 413 g/mol. The number of aromatic nitrogens is 1. The van der Waals surface area contributed by atoms with Crippen molar-refractivity contribution >= 4 is 21.4 Å². The van der Waals surface area contributed by atoms with E-state index in [2.05, 4.69) is 35.2 Å². The molecule has 2 saturated carbocycles. The molecule has 2 aliphatic rings. The minimum Gasteiger partial charge on any atom is -0.351 e. The summed E-state index contributed by atoms with van der Waals surface area (Å²) in [4.78, 5) is 0.304. The molecule has 2 aliphatic carbocycles. The quantitative estimate of drug-likeness (QED) is 0.742. The van der Waals surface area contributed by atoms with Crippen molar-refractivity contribution < 1.29 is 26.1 Å². The maximum absolute atomic E-state index is 13.0. The van der Waals surface area contributed by atoms with Gasteiger partial charge in [-0.15, -0.1) is 11.3 Å². The van der Waals surface area contributed by atoms with Gasteiger partial charge in [-0.3, -0.25) is 0 Å². The third-order valence-corrected chi connectivity index (χ3v) is 9.45. The van der Waals surface area contributed by atoms with Gasteiger partial charge in [0, 0.05) is 12.1 Å². The molecule has 0 spiro atoms. The number of hydrogen-bond acceptors (Lipinski definition) is 5. The Bertz CT molecular complexity index is 1000. The predicted octanol–water partition coefficient (Wildman–Crippen LogP) is 4.92. The smallest absolute Gasteiger partial charge is 0.351 e. The van der Waals surface area contributed by atoms with E-state index in [9.17, 15) is 21.6 Å². The monoisotopic (exact) mass is 434 g/mol. The molecule has 3 atom stereocenters. The number of nitrogens with zero attached hydrogens (tertiary/aromatic N) is 1. The number of hydrogen-bond donors (Lipinski definition) is 1. The normalized spacial score (nSPS) is 29.5. The molecule has 10 heteroatoms. The van der Waals surface area contributed by atoms with Crippen molar-refractivity contribution in [3.05, 3.63) is 24.0 Å². The van der Waals surface area contributed by atoms with Crippen molar-refractivity contribution in [2.75, 3.05) is 0 Å². The van der Waals surface area contributed by atoms with Crippen LogP contribution in [0.25, 0.3) is 10.6 Å². The lowest BCUT2D eigenvalue weighted by atomic mass is 9.69. The Morgan fingerprint density at radius 2 is 2.00 bits per heavy atom. The van der Waals surface area contributed by atoms with Crippen LogP contribution in [0.1, 0.15) is 45.8 Å². The van der Waals surface area contributed by atoms with E-state index in [1.807, 2.05) is 0 Å². The van der Waals surface area contributed by atoms with E-state index in [0.717, 1.165) is 36.7 Å². The fourth-order valence-corrected chi connectivity index (χ4v) is 7.74. The van der Waals surface area contributed by atoms with Gasteiger partial charge in [0.2, 0.25) is 15.8 Å². The van der Waals surface area contributed by atoms with Crippen LogP contribution in [-0.4, -0.2) is 19.6 Å². The molecule has 1 N–H and O–H groups in total. The molecular formula is C18H21F3N2O3S2. The van der Waals surface area contributed by atoms with E-state index in [1.165, 1.54) is 12.1 Å². The van der Waals surface area contributed by atoms with E-state index < -0.39 is 22.0 Å². The predicted molar refractivity (Wildman–Crippen MR) is 98.2 cm³/mol. The average Bonchev–Trinajstić information content (AvgIpc) is 3.31. The summed E-state index contributed by atoms with van der Waals surface area (Å²) in [6.45, 7) is 6.33. The zero-order valence-electron chi connectivity index (χ0n) is 15.6. The van der Waals surface area contributed by atoms with Crippen molar-refractivity contribution in [2.24, 2.45) is 16.7 Å². The first-order valence-corrected chi connectivity index (χ1v) is 11.3. The van der Waals surface area contributed by atoms with Gasteiger partial charge in [-0.2, -0.15) is 13.2 Å². The fourth-order valence-electron chi connectivity index (χ4n) is 4.94. The molecule has 0 aromatic carbocycles. The molecule has 4 rings (SSSR count). The van der Waals surface area contributed by atoms with E-state index in [4.69, 9.17) is 0 Å². The number of fused-ring (bicyclic) bond motifs is 2. The lowest BCUT2D eigenvalue weighted by Gasteiger charge is -2.42. The SMILES string of the molecule is CC1(C)[C@@H]2CC[C@@](C)(C2)[C@H]1NS(=O)(=O)c1ccc(-c2cc(C(F)(F)F)on2)s1. The number of sulfonamides is 1. The average molecular weight is 435 g/mol. The summed E-state index contributed by atoms with van der Waals surface area (Å²) < 4.78 is 71.3. The largest absolute Gasteiger partial charge is 0.452 e. The molecule has 0 unspecified atom stereocenters. The molecule has 5 nitrogen and oxygen atoms in total. The molecule has 0 aliphatic heterocycles. The van der Waals surface area contributed by atoms with Crippen LogP contribution in [0.2, 0.25) is 0 Å². The molecule has 2 aromatic heterocycles. The molecule has 28 heavy (non-hydrogen) atoms. The van der Waals surface area contributed by atoms with Crippen molar-refractivity contribution in [1.29, 1.82) is 0 Å². The van der Waals surface area contributed by atoms with Crippen LogP contribution in [-0.2, 0) is 16.2 Å². The van der Waals surface area contributed by atoms with Crippen molar-refractivity contribution in [2.45, 2.75) is 56.5 Å². The van der Waals surface area contributed by atoms with E-state index in [0.29, 0.717) is 10.8 Å². The lowest BCUT2D eigenvalue weighted by molar-refractivity contribution is -0.155. The Morgan fingerprint density at radius 3 is 2.57 bits per heavy atom. The van der Waals surface area contributed by atoms with Gasteiger partial charge in [0.25, 0.3) is 0 Å². The highest BCUT2D eigenvalue weighted by Crippen LogP contribution is 2.62. The standard InChI is InChI=1S/C18H21F3N2O3S2/c1-16(2)10-6-7-17(3,9-10)15(16)23-28(24,25)14-5-4-12(27-14)11-8-13(26-22-11)18(19,20)21/h4-5,8,10,15,23H,6-7,9H2,1-3H3/t10-,15+,17+/m1/s1. The number of thiophene rings is 1. The first-order valence-electron chi connectivity index (χ1n) is 8.99. The van der Waals surface area contributed by atoms with Gasteiger partial charge < -0.3 is 4.52 Å². The van der Waals surface area contributed by atoms with Crippen LogP contribution in [0.4, 0.5) is 13.2 Å². The summed E-state index contributed by atoms with van der Waals surface area (Å²) in [6, 6.07) is 3.44. The highest BCUT2D eigenvalue weighted by molar-refractivity contribution is 7.91. The fraction of sp³-hybridized carbons (Fsp3) is 0.611. The molecule has 0 amide bonds. The lowest BCUT2D eigenvalue weighted by Crippen LogP contribution is -2.52. The van der Waals surface area contributed by atoms with Gasteiger partial charge in [0.05, 0.1) is 4.88 Å². The summed E-state index contributed by atoms with van der Waals surface area (Å²) >= 11 is 0.879. The topological polar surface area (TPSA) is 72.2 Å². The third-order valence-electron chi connectivity index (χ3n) is 6.43. The summed E-state index contributed by atoms with van der Waals surface area (Å²) in [7, 11) is -3.80. The van der Waals surface area contributed by atoms with E-state index in [-0.39, 0.29) is 26.8 Å².